The summed E-state index contributed by atoms with van der Waals surface area (Å²) in [6.07, 6.45) is 1.30. The molecule has 22 heavy (non-hydrogen) atoms. The molecule has 114 valence electrons. The van der Waals surface area contributed by atoms with Gasteiger partial charge in [-0.1, -0.05) is 12.1 Å². The van der Waals surface area contributed by atoms with Crippen molar-refractivity contribution in [1.29, 1.82) is 0 Å². The Morgan fingerprint density at radius 1 is 1.18 bits per heavy atom. The predicted octanol–water partition coefficient (Wildman–Crippen LogP) is 2.48. The van der Waals surface area contributed by atoms with Crippen molar-refractivity contribution in [3.63, 3.8) is 0 Å². The van der Waals surface area contributed by atoms with Crippen LogP contribution in [0.5, 0.6) is 11.5 Å². The molecule has 5 nitrogen and oxygen atoms in total. The van der Waals surface area contributed by atoms with Crippen LogP contribution in [-0.2, 0) is 4.74 Å². The van der Waals surface area contributed by atoms with Gasteiger partial charge in [-0.05, 0) is 23.6 Å². The Hall–Kier alpha value is -2.27. The number of ether oxygens (including phenoxy) is 3. The first-order chi connectivity index (χ1) is 10.7. The van der Waals surface area contributed by atoms with Gasteiger partial charge in [-0.15, -0.1) is 0 Å². The van der Waals surface area contributed by atoms with Gasteiger partial charge in [0.2, 0.25) is 0 Å². The average molecular weight is 299 g/mol. The van der Waals surface area contributed by atoms with Crippen molar-refractivity contribution in [2.75, 3.05) is 20.3 Å². The maximum atomic E-state index is 12.5. The van der Waals surface area contributed by atoms with Crippen molar-refractivity contribution < 1.29 is 19.0 Å². The van der Waals surface area contributed by atoms with E-state index in [2.05, 4.69) is 5.32 Å². The fraction of sp³-hybridized carbons (Fsp3) is 0.353. The highest BCUT2D eigenvalue weighted by Crippen LogP contribution is 2.39. The summed E-state index contributed by atoms with van der Waals surface area (Å²) in [4.78, 5) is 12.5. The van der Waals surface area contributed by atoms with Gasteiger partial charge in [-0.25, -0.2) is 0 Å². The van der Waals surface area contributed by atoms with Crippen LogP contribution < -0.4 is 14.8 Å². The second kappa shape index (κ2) is 4.88. The van der Waals surface area contributed by atoms with Crippen LogP contribution in [0.25, 0.3) is 10.8 Å². The molecular formula is C17H17NO4. The Morgan fingerprint density at radius 3 is 2.73 bits per heavy atom. The van der Waals surface area contributed by atoms with Crippen molar-refractivity contribution in [1.82, 2.24) is 5.32 Å². The van der Waals surface area contributed by atoms with Gasteiger partial charge < -0.3 is 19.5 Å². The van der Waals surface area contributed by atoms with E-state index in [0.717, 1.165) is 16.5 Å². The summed E-state index contributed by atoms with van der Waals surface area (Å²) in [5, 5.41) is 4.93. The molecule has 0 saturated carbocycles. The highest BCUT2D eigenvalue weighted by Gasteiger charge is 2.41. The van der Waals surface area contributed by atoms with Crippen LogP contribution in [0.1, 0.15) is 23.2 Å². The summed E-state index contributed by atoms with van der Waals surface area (Å²) < 4.78 is 17.0. The topological polar surface area (TPSA) is 56.8 Å². The van der Waals surface area contributed by atoms with E-state index in [1.165, 1.54) is 0 Å². The molecule has 1 spiro atoms. The van der Waals surface area contributed by atoms with Gasteiger partial charge in [0.15, 0.2) is 5.72 Å². The Kier molecular flexibility index (Phi) is 2.97. The maximum absolute atomic E-state index is 12.5. The number of hydrogen-bond acceptors (Lipinski definition) is 4. The number of fused-ring (bicyclic) bond motifs is 3. The third kappa shape index (κ3) is 2.01. The van der Waals surface area contributed by atoms with Crippen LogP contribution >= 0.6 is 0 Å². The molecule has 2 aliphatic rings. The van der Waals surface area contributed by atoms with Crippen LogP contribution in [-0.4, -0.2) is 32.0 Å². The Morgan fingerprint density at radius 2 is 1.95 bits per heavy atom. The molecule has 1 fully saturated rings. The fourth-order valence-electron chi connectivity index (χ4n) is 3.11. The molecule has 0 aromatic heterocycles. The van der Waals surface area contributed by atoms with Crippen LogP contribution in [0.2, 0.25) is 0 Å². The van der Waals surface area contributed by atoms with Gasteiger partial charge in [0, 0.05) is 18.2 Å². The van der Waals surface area contributed by atoms with Gasteiger partial charge >= 0.3 is 0 Å². The minimum atomic E-state index is -0.653. The number of carbonyl (C=O) groups excluding carboxylic acids is 1. The molecule has 2 aliphatic heterocycles. The quantitative estimate of drug-likeness (QED) is 0.879. The molecule has 0 radical (unpaired) electrons. The average Bonchev–Trinajstić information content (AvgIpc) is 2.55. The highest BCUT2D eigenvalue weighted by atomic mass is 16.5. The van der Waals surface area contributed by atoms with E-state index in [1.807, 2.05) is 30.3 Å². The van der Waals surface area contributed by atoms with Crippen molar-refractivity contribution in [2.45, 2.75) is 18.6 Å². The predicted molar refractivity (Wildman–Crippen MR) is 81.4 cm³/mol. The fourth-order valence-corrected chi connectivity index (χ4v) is 3.11. The highest BCUT2D eigenvalue weighted by molar-refractivity contribution is 6.05. The van der Waals surface area contributed by atoms with E-state index >= 15 is 0 Å². The largest absolute Gasteiger partial charge is 0.497 e. The van der Waals surface area contributed by atoms with Gasteiger partial charge in [-0.2, -0.15) is 0 Å². The van der Waals surface area contributed by atoms with E-state index in [-0.39, 0.29) is 5.91 Å². The molecule has 1 N–H and O–H groups in total. The molecule has 0 aliphatic carbocycles. The number of benzene rings is 2. The normalized spacial score (nSPS) is 19.4. The molecule has 2 heterocycles. The molecule has 1 saturated heterocycles. The number of carbonyl (C=O) groups is 1. The molecule has 0 atom stereocenters. The SMILES string of the molecule is COc1ccc2ccc3c(c2c1)OC1(CCOCC1)NC3=O. The lowest BCUT2D eigenvalue weighted by Crippen LogP contribution is -2.58. The third-order valence-corrected chi connectivity index (χ3v) is 4.36. The lowest BCUT2D eigenvalue weighted by molar-refractivity contribution is -0.0653. The maximum Gasteiger partial charge on any atom is 0.258 e. The van der Waals surface area contributed by atoms with Crippen molar-refractivity contribution in [3.8, 4) is 11.5 Å². The molecule has 5 heteroatoms. The van der Waals surface area contributed by atoms with Crippen molar-refractivity contribution in [2.24, 2.45) is 0 Å². The van der Waals surface area contributed by atoms with Crippen molar-refractivity contribution >= 4 is 16.7 Å². The van der Waals surface area contributed by atoms with E-state index in [1.54, 1.807) is 7.11 Å². The number of nitrogens with one attached hydrogen (secondary N) is 1. The summed E-state index contributed by atoms with van der Waals surface area (Å²) in [6.45, 7) is 1.17. The smallest absolute Gasteiger partial charge is 0.258 e. The first-order valence-corrected chi connectivity index (χ1v) is 7.41. The molecule has 2 aromatic rings. The minimum absolute atomic E-state index is 0.0899. The molecule has 1 amide bonds. The molecule has 4 rings (SSSR count). The number of amides is 1. The Bertz CT molecular complexity index is 750. The summed E-state index contributed by atoms with van der Waals surface area (Å²) >= 11 is 0. The summed E-state index contributed by atoms with van der Waals surface area (Å²) in [6, 6.07) is 9.53. The summed E-state index contributed by atoms with van der Waals surface area (Å²) in [5.41, 5.74) is -0.0856. The van der Waals surface area contributed by atoms with E-state index < -0.39 is 5.72 Å². The Labute approximate surface area is 128 Å². The Balaban J connectivity index is 1.88. The zero-order valence-corrected chi connectivity index (χ0v) is 12.3. The number of rotatable bonds is 1. The van der Waals surface area contributed by atoms with Crippen LogP contribution in [0.15, 0.2) is 30.3 Å². The number of methoxy groups -OCH3 is 1. The number of hydrogen-bond donors (Lipinski definition) is 1. The van der Waals surface area contributed by atoms with Gasteiger partial charge in [0.25, 0.3) is 5.91 Å². The zero-order valence-electron chi connectivity index (χ0n) is 12.3. The van der Waals surface area contributed by atoms with Gasteiger partial charge in [0.1, 0.15) is 11.5 Å². The lowest BCUT2D eigenvalue weighted by atomic mass is 9.97. The van der Waals surface area contributed by atoms with Gasteiger partial charge in [0.05, 0.1) is 25.9 Å². The molecular weight excluding hydrogens is 282 g/mol. The zero-order chi connectivity index (χ0) is 15.2. The van der Waals surface area contributed by atoms with E-state index in [0.29, 0.717) is 37.4 Å². The van der Waals surface area contributed by atoms with E-state index in [4.69, 9.17) is 14.2 Å². The van der Waals surface area contributed by atoms with E-state index in [9.17, 15) is 4.79 Å². The minimum Gasteiger partial charge on any atom is -0.497 e. The molecule has 0 unspecified atom stereocenters. The lowest BCUT2D eigenvalue weighted by Gasteiger charge is -2.41. The van der Waals surface area contributed by atoms with Crippen LogP contribution in [0.4, 0.5) is 0 Å². The van der Waals surface area contributed by atoms with Gasteiger partial charge in [-0.3, -0.25) is 4.79 Å². The molecule has 0 bridgehead atoms. The molecule has 2 aromatic carbocycles. The van der Waals surface area contributed by atoms with Crippen LogP contribution in [0, 0.1) is 0 Å². The second-order valence-corrected chi connectivity index (χ2v) is 5.69. The monoisotopic (exact) mass is 299 g/mol. The van der Waals surface area contributed by atoms with Crippen molar-refractivity contribution in [3.05, 3.63) is 35.9 Å². The third-order valence-electron chi connectivity index (χ3n) is 4.36. The summed E-state index contributed by atoms with van der Waals surface area (Å²) in [7, 11) is 1.63. The standard InChI is InChI=1S/C17H17NO4/c1-20-12-4-2-11-3-5-13-15(14(11)10-12)22-17(18-16(13)19)6-8-21-9-7-17/h2-5,10H,6-9H2,1H3,(H,18,19). The van der Waals surface area contributed by atoms with Crippen LogP contribution in [0.3, 0.4) is 0 Å². The first kappa shape index (κ1) is 13.4. The summed E-state index contributed by atoms with van der Waals surface area (Å²) in [5.74, 6) is 1.30. The second-order valence-electron chi connectivity index (χ2n) is 5.69. The first-order valence-electron chi connectivity index (χ1n) is 7.41.